The highest BCUT2D eigenvalue weighted by molar-refractivity contribution is 7.90. The van der Waals surface area contributed by atoms with E-state index in [1.807, 2.05) is 12.2 Å². The highest BCUT2D eigenvalue weighted by Gasteiger charge is 2.61. The maximum absolute atomic E-state index is 12.4. The second-order valence-electron chi connectivity index (χ2n) is 7.08. The Kier molecular flexibility index (Phi) is 4.75. The number of hydrogen-bond donors (Lipinski definition) is 2. The zero-order valence-corrected chi connectivity index (χ0v) is 14.5. The summed E-state index contributed by atoms with van der Waals surface area (Å²) in [4.78, 5) is 24.4. The van der Waals surface area contributed by atoms with Gasteiger partial charge in [-0.25, -0.2) is 13.2 Å². The van der Waals surface area contributed by atoms with Gasteiger partial charge >= 0.3 is 6.09 Å². The van der Waals surface area contributed by atoms with Crippen LogP contribution >= 0.6 is 0 Å². The van der Waals surface area contributed by atoms with Gasteiger partial charge in [0.2, 0.25) is 10.0 Å². The topological polar surface area (TPSA) is 102 Å². The first kappa shape index (κ1) is 17.8. The summed E-state index contributed by atoms with van der Waals surface area (Å²) in [6.07, 6.45) is 5.43. The third kappa shape index (κ3) is 4.70. The van der Waals surface area contributed by atoms with Crippen molar-refractivity contribution >= 4 is 22.0 Å². The van der Waals surface area contributed by atoms with Crippen molar-refractivity contribution in [1.82, 2.24) is 10.0 Å². The van der Waals surface area contributed by atoms with Crippen LogP contribution in [0.25, 0.3) is 0 Å². The first-order valence-electron chi connectivity index (χ1n) is 7.77. The number of allylic oxidation sites excluding steroid dienone is 1. The lowest BCUT2D eigenvalue weighted by atomic mass is 10.1. The van der Waals surface area contributed by atoms with Crippen molar-refractivity contribution in [3.63, 3.8) is 0 Å². The SMILES string of the molecule is CC(C)(C)OC(=O)N[C@]12CC1/C=C\CCCCS(=O)(=O)NC2=O. The maximum atomic E-state index is 12.4. The lowest BCUT2D eigenvalue weighted by molar-refractivity contribution is -0.122. The van der Waals surface area contributed by atoms with E-state index in [-0.39, 0.29) is 11.7 Å². The lowest BCUT2D eigenvalue weighted by Crippen LogP contribution is -2.53. The average Bonchev–Trinajstić information content (AvgIpc) is 3.04. The number of hydrogen-bond acceptors (Lipinski definition) is 5. The van der Waals surface area contributed by atoms with Crippen LogP contribution in [0.4, 0.5) is 4.79 Å². The molecule has 0 radical (unpaired) electrons. The Bertz CT molecular complexity index is 620. The summed E-state index contributed by atoms with van der Waals surface area (Å²) in [5.41, 5.74) is -1.94. The van der Waals surface area contributed by atoms with E-state index in [4.69, 9.17) is 4.74 Å². The van der Waals surface area contributed by atoms with Gasteiger partial charge < -0.3 is 10.1 Å². The van der Waals surface area contributed by atoms with Gasteiger partial charge in [0, 0.05) is 5.92 Å². The van der Waals surface area contributed by atoms with Gasteiger partial charge in [0.1, 0.15) is 11.1 Å². The van der Waals surface area contributed by atoms with Crippen LogP contribution in [0.2, 0.25) is 0 Å². The van der Waals surface area contributed by atoms with E-state index in [9.17, 15) is 18.0 Å². The molecule has 23 heavy (non-hydrogen) atoms. The van der Waals surface area contributed by atoms with Gasteiger partial charge in [-0.1, -0.05) is 12.2 Å². The number of alkyl carbamates (subject to hydrolysis) is 1. The zero-order valence-electron chi connectivity index (χ0n) is 13.7. The summed E-state index contributed by atoms with van der Waals surface area (Å²) in [7, 11) is -3.68. The van der Waals surface area contributed by atoms with E-state index >= 15 is 0 Å². The molecule has 1 fully saturated rings. The van der Waals surface area contributed by atoms with Gasteiger partial charge in [0.05, 0.1) is 5.75 Å². The molecule has 2 N–H and O–H groups in total. The molecule has 1 aliphatic carbocycles. The third-order valence-electron chi connectivity index (χ3n) is 3.79. The fraction of sp³-hybridized carbons (Fsp3) is 0.733. The molecule has 2 amide bonds. The normalized spacial score (nSPS) is 31.8. The van der Waals surface area contributed by atoms with Crippen molar-refractivity contribution in [3.8, 4) is 0 Å². The number of ether oxygens (including phenoxy) is 1. The minimum atomic E-state index is -3.68. The van der Waals surface area contributed by atoms with E-state index in [1.54, 1.807) is 20.8 Å². The second kappa shape index (κ2) is 6.14. The van der Waals surface area contributed by atoms with Crippen molar-refractivity contribution in [2.75, 3.05) is 5.75 Å². The molecule has 1 unspecified atom stereocenters. The number of carbonyl (C=O) groups excluding carboxylic acids is 2. The molecule has 2 rings (SSSR count). The van der Waals surface area contributed by atoms with Crippen LogP contribution in [0.1, 0.15) is 46.5 Å². The molecule has 8 heteroatoms. The first-order chi connectivity index (χ1) is 10.5. The number of amides is 2. The molecule has 7 nitrogen and oxygen atoms in total. The predicted octanol–water partition coefficient (Wildman–Crippen LogP) is 1.46. The van der Waals surface area contributed by atoms with E-state index in [0.717, 1.165) is 12.8 Å². The Morgan fingerprint density at radius 3 is 2.74 bits per heavy atom. The number of nitrogens with one attached hydrogen (secondary N) is 2. The Morgan fingerprint density at radius 2 is 2.09 bits per heavy atom. The largest absolute Gasteiger partial charge is 0.444 e. The van der Waals surface area contributed by atoms with Crippen LogP contribution in [0.3, 0.4) is 0 Å². The highest BCUT2D eigenvalue weighted by atomic mass is 32.2. The molecular weight excluding hydrogens is 320 g/mol. The van der Waals surface area contributed by atoms with Crippen LogP contribution in [0, 0.1) is 5.92 Å². The van der Waals surface area contributed by atoms with E-state index in [1.165, 1.54) is 0 Å². The molecule has 1 aliphatic heterocycles. The molecule has 0 aromatic rings. The van der Waals surface area contributed by atoms with Gasteiger partial charge in [-0.05, 0) is 46.5 Å². The summed E-state index contributed by atoms with van der Waals surface area (Å²) < 4.78 is 31.1. The molecule has 2 atom stereocenters. The molecule has 0 aromatic carbocycles. The Balaban J connectivity index is 2.18. The fourth-order valence-electron chi connectivity index (χ4n) is 2.57. The molecular formula is C15H24N2O5S. The first-order valence-corrected chi connectivity index (χ1v) is 9.42. The smallest absolute Gasteiger partial charge is 0.408 e. The Labute approximate surface area is 136 Å². The van der Waals surface area contributed by atoms with Gasteiger partial charge in [0.25, 0.3) is 5.91 Å². The predicted molar refractivity (Wildman–Crippen MR) is 85.1 cm³/mol. The number of fused-ring (bicyclic) bond motifs is 1. The van der Waals surface area contributed by atoms with Crippen LogP contribution in [-0.4, -0.2) is 37.3 Å². The minimum Gasteiger partial charge on any atom is -0.444 e. The highest BCUT2D eigenvalue weighted by Crippen LogP contribution is 2.45. The summed E-state index contributed by atoms with van der Waals surface area (Å²) in [6.45, 7) is 5.16. The van der Waals surface area contributed by atoms with Crippen molar-refractivity contribution in [1.29, 1.82) is 0 Å². The van der Waals surface area contributed by atoms with Crippen LogP contribution in [-0.2, 0) is 19.6 Å². The number of sulfonamides is 1. The Hall–Kier alpha value is -1.57. The molecule has 130 valence electrons. The van der Waals surface area contributed by atoms with Gasteiger partial charge in [0.15, 0.2) is 0 Å². The van der Waals surface area contributed by atoms with Gasteiger partial charge in [-0.2, -0.15) is 0 Å². The van der Waals surface area contributed by atoms with Gasteiger partial charge in [-0.15, -0.1) is 0 Å². The summed E-state index contributed by atoms with van der Waals surface area (Å²) >= 11 is 0. The molecule has 2 aliphatic rings. The summed E-state index contributed by atoms with van der Waals surface area (Å²) in [5, 5.41) is 2.56. The molecule has 1 saturated carbocycles. The third-order valence-corrected chi connectivity index (χ3v) is 5.12. The second-order valence-corrected chi connectivity index (χ2v) is 8.92. The molecule has 0 aromatic heterocycles. The summed E-state index contributed by atoms with van der Waals surface area (Å²) in [5.74, 6) is -1.01. The van der Waals surface area contributed by atoms with E-state index < -0.39 is 33.2 Å². The molecule has 0 saturated heterocycles. The van der Waals surface area contributed by atoms with Crippen molar-refractivity contribution in [2.24, 2.45) is 5.92 Å². The van der Waals surface area contributed by atoms with Crippen LogP contribution < -0.4 is 10.0 Å². The quantitative estimate of drug-likeness (QED) is 0.701. The van der Waals surface area contributed by atoms with Crippen molar-refractivity contribution in [2.45, 2.75) is 57.6 Å². The van der Waals surface area contributed by atoms with E-state index in [2.05, 4.69) is 10.0 Å². The van der Waals surface area contributed by atoms with Gasteiger partial charge in [-0.3, -0.25) is 9.52 Å². The maximum Gasteiger partial charge on any atom is 0.408 e. The monoisotopic (exact) mass is 344 g/mol. The molecule has 0 bridgehead atoms. The Morgan fingerprint density at radius 1 is 1.39 bits per heavy atom. The minimum absolute atomic E-state index is 0.0975. The fourth-order valence-corrected chi connectivity index (χ4v) is 3.72. The lowest BCUT2D eigenvalue weighted by Gasteiger charge is -2.23. The standard InChI is InChI=1S/C15H24N2O5S/c1-14(2,3)22-13(19)16-15-10-11(15)8-6-4-5-7-9-23(20,21)17-12(15)18/h6,8,11H,4-5,7,9-10H2,1-3H3,(H,16,19)(H,17,18)/b8-6-/t11?,15-/m1/s1. The number of rotatable bonds is 1. The van der Waals surface area contributed by atoms with Crippen molar-refractivity contribution < 1.29 is 22.7 Å². The summed E-state index contributed by atoms with van der Waals surface area (Å²) in [6, 6.07) is 0. The molecule has 0 spiro atoms. The number of carbonyl (C=O) groups is 2. The van der Waals surface area contributed by atoms with Crippen LogP contribution in [0.5, 0.6) is 0 Å². The average molecular weight is 344 g/mol. The molecule has 1 heterocycles. The zero-order chi connectivity index (χ0) is 17.3. The van der Waals surface area contributed by atoms with E-state index in [0.29, 0.717) is 12.8 Å². The van der Waals surface area contributed by atoms with Crippen LogP contribution in [0.15, 0.2) is 12.2 Å². The van der Waals surface area contributed by atoms with Crippen molar-refractivity contribution in [3.05, 3.63) is 12.2 Å².